The van der Waals surface area contributed by atoms with Crippen LogP contribution in [0.15, 0.2) is 30.3 Å². The average molecular weight is 284 g/mol. The molecule has 0 saturated heterocycles. The lowest BCUT2D eigenvalue weighted by Crippen LogP contribution is -2.35. The fourth-order valence-corrected chi connectivity index (χ4v) is 2.74. The Morgan fingerprint density at radius 3 is 2.32 bits per heavy atom. The highest BCUT2D eigenvalue weighted by molar-refractivity contribution is 7.89. The van der Waals surface area contributed by atoms with Crippen LogP contribution in [0.25, 0.3) is 0 Å². The maximum atomic E-state index is 11.8. The summed E-state index contributed by atoms with van der Waals surface area (Å²) in [5, 5.41) is 3.10. The Hall–Kier alpha value is -0.910. The fourth-order valence-electron chi connectivity index (χ4n) is 1.71. The molecule has 0 fully saturated rings. The lowest BCUT2D eigenvalue weighted by molar-refractivity contribution is 0.562. The molecule has 2 N–H and O–H groups in total. The summed E-state index contributed by atoms with van der Waals surface area (Å²) in [6.07, 6.45) is 0. The first-order chi connectivity index (χ1) is 8.91. The summed E-state index contributed by atoms with van der Waals surface area (Å²) in [6.45, 7) is 6.93. The monoisotopic (exact) mass is 284 g/mol. The van der Waals surface area contributed by atoms with Gasteiger partial charge in [-0.2, -0.15) is 0 Å². The second kappa shape index (κ2) is 7.62. The van der Waals surface area contributed by atoms with Crippen molar-refractivity contribution < 1.29 is 8.42 Å². The Labute approximate surface area is 116 Å². The van der Waals surface area contributed by atoms with Gasteiger partial charge in [0.05, 0.1) is 5.75 Å². The molecule has 0 amide bonds. The van der Waals surface area contributed by atoms with Crippen LogP contribution in [0.2, 0.25) is 0 Å². The molecule has 19 heavy (non-hydrogen) atoms. The van der Waals surface area contributed by atoms with E-state index in [0.717, 1.165) is 5.56 Å². The SMILES string of the molecule is CC(C)NCCS(=O)(=O)NCC(C)c1ccccc1. The van der Waals surface area contributed by atoms with Gasteiger partial charge in [-0.05, 0) is 11.5 Å². The first-order valence-corrected chi connectivity index (χ1v) is 8.31. The van der Waals surface area contributed by atoms with Gasteiger partial charge in [-0.25, -0.2) is 13.1 Å². The van der Waals surface area contributed by atoms with E-state index in [0.29, 0.717) is 19.1 Å². The van der Waals surface area contributed by atoms with E-state index in [2.05, 4.69) is 10.0 Å². The molecule has 0 aliphatic rings. The molecule has 108 valence electrons. The quantitative estimate of drug-likeness (QED) is 0.764. The summed E-state index contributed by atoms with van der Waals surface area (Å²) >= 11 is 0. The van der Waals surface area contributed by atoms with Crippen molar-refractivity contribution in [3.05, 3.63) is 35.9 Å². The van der Waals surface area contributed by atoms with Gasteiger partial charge >= 0.3 is 0 Å². The van der Waals surface area contributed by atoms with E-state index in [1.807, 2.05) is 51.1 Å². The highest BCUT2D eigenvalue weighted by Gasteiger charge is 2.12. The molecule has 4 nitrogen and oxygen atoms in total. The van der Waals surface area contributed by atoms with Crippen molar-refractivity contribution >= 4 is 10.0 Å². The zero-order chi connectivity index (χ0) is 14.3. The maximum absolute atomic E-state index is 11.8. The summed E-state index contributed by atoms with van der Waals surface area (Å²) in [5.41, 5.74) is 1.14. The zero-order valence-corrected chi connectivity index (χ0v) is 12.7. The van der Waals surface area contributed by atoms with Gasteiger partial charge in [-0.1, -0.05) is 51.1 Å². The maximum Gasteiger partial charge on any atom is 0.212 e. The molecule has 1 aromatic rings. The molecule has 5 heteroatoms. The van der Waals surface area contributed by atoms with E-state index < -0.39 is 10.0 Å². The van der Waals surface area contributed by atoms with Crippen molar-refractivity contribution in [3.63, 3.8) is 0 Å². The van der Waals surface area contributed by atoms with Gasteiger partial charge in [0.25, 0.3) is 0 Å². The minimum atomic E-state index is -3.19. The Morgan fingerprint density at radius 2 is 1.74 bits per heavy atom. The Morgan fingerprint density at radius 1 is 1.11 bits per heavy atom. The number of hydrogen-bond donors (Lipinski definition) is 2. The van der Waals surface area contributed by atoms with Crippen molar-refractivity contribution in [1.82, 2.24) is 10.0 Å². The molecule has 1 unspecified atom stereocenters. The van der Waals surface area contributed by atoms with Crippen LogP contribution in [0.3, 0.4) is 0 Å². The molecule has 0 aromatic heterocycles. The van der Waals surface area contributed by atoms with Crippen LogP contribution in [0.5, 0.6) is 0 Å². The largest absolute Gasteiger partial charge is 0.313 e. The molecule has 0 bridgehead atoms. The molecule has 1 atom stereocenters. The van der Waals surface area contributed by atoms with Crippen molar-refractivity contribution in [2.45, 2.75) is 32.7 Å². The van der Waals surface area contributed by atoms with Gasteiger partial charge in [0.2, 0.25) is 10.0 Å². The Balaban J connectivity index is 2.38. The van der Waals surface area contributed by atoms with Crippen LogP contribution in [0, 0.1) is 0 Å². The summed E-state index contributed by atoms with van der Waals surface area (Å²) in [4.78, 5) is 0. The minimum absolute atomic E-state index is 0.118. The van der Waals surface area contributed by atoms with Crippen LogP contribution in [-0.2, 0) is 10.0 Å². The summed E-state index contributed by atoms with van der Waals surface area (Å²) in [6, 6.07) is 10.2. The highest BCUT2D eigenvalue weighted by atomic mass is 32.2. The van der Waals surface area contributed by atoms with Gasteiger partial charge in [0.1, 0.15) is 0 Å². The number of nitrogens with one attached hydrogen (secondary N) is 2. The zero-order valence-electron chi connectivity index (χ0n) is 11.9. The molecule has 0 saturated carbocycles. The van der Waals surface area contributed by atoms with Crippen LogP contribution in [-0.4, -0.2) is 33.3 Å². The first kappa shape index (κ1) is 16.1. The topological polar surface area (TPSA) is 58.2 Å². The third-order valence-electron chi connectivity index (χ3n) is 2.90. The molecule has 1 rings (SSSR count). The highest BCUT2D eigenvalue weighted by Crippen LogP contribution is 2.13. The number of rotatable bonds is 8. The second-order valence-electron chi connectivity index (χ2n) is 5.09. The van der Waals surface area contributed by atoms with Gasteiger partial charge in [0.15, 0.2) is 0 Å². The Bertz CT molecular complexity index is 458. The molecule has 0 spiro atoms. The number of sulfonamides is 1. The molecule has 0 aliphatic heterocycles. The predicted octanol–water partition coefficient (Wildman–Crippen LogP) is 1.71. The van der Waals surface area contributed by atoms with E-state index in [1.165, 1.54) is 0 Å². The van der Waals surface area contributed by atoms with Crippen LogP contribution in [0.4, 0.5) is 0 Å². The van der Waals surface area contributed by atoms with Gasteiger partial charge in [-0.3, -0.25) is 0 Å². The normalized spacial score (nSPS) is 13.7. The van der Waals surface area contributed by atoms with E-state index in [1.54, 1.807) is 0 Å². The summed E-state index contributed by atoms with van der Waals surface area (Å²) in [5.74, 6) is 0.293. The average Bonchev–Trinajstić information content (AvgIpc) is 2.36. The molecule has 1 aromatic carbocycles. The van der Waals surface area contributed by atoms with Crippen LogP contribution in [0.1, 0.15) is 32.3 Å². The molecule has 0 aliphatic carbocycles. The molecule has 0 heterocycles. The van der Waals surface area contributed by atoms with E-state index in [4.69, 9.17) is 0 Å². The molecular weight excluding hydrogens is 260 g/mol. The van der Waals surface area contributed by atoms with Crippen molar-refractivity contribution in [1.29, 1.82) is 0 Å². The fraction of sp³-hybridized carbons (Fsp3) is 0.571. The van der Waals surface area contributed by atoms with E-state index in [9.17, 15) is 8.42 Å². The summed E-state index contributed by atoms with van der Waals surface area (Å²) < 4.78 is 26.3. The van der Waals surface area contributed by atoms with Gasteiger partial charge < -0.3 is 5.32 Å². The lowest BCUT2D eigenvalue weighted by Gasteiger charge is -2.14. The van der Waals surface area contributed by atoms with Crippen molar-refractivity contribution in [2.24, 2.45) is 0 Å². The number of benzene rings is 1. The lowest BCUT2D eigenvalue weighted by atomic mass is 10.0. The van der Waals surface area contributed by atoms with Gasteiger partial charge in [-0.15, -0.1) is 0 Å². The third kappa shape index (κ3) is 6.71. The molecular formula is C14H24N2O2S. The predicted molar refractivity (Wildman–Crippen MR) is 79.8 cm³/mol. The van der Waals surface area contributed by atoms with E-state index in [-0.39, 0.29) is 11.7 Å². The first-order valence-electron chi connectivity index (χ1n) is 6.66. The van der Waals surface area contributed by atoms with E-state index >= 15 is 0 Å². The van der Waals surface area contributed by atoms with Crippen molar-refractivity contribution in [3.8, 4) is 0 Å². The van der Waals surface area contributed by atoms with Crippen molar-refractivity contribution in [2.75, 3.05) is 18.8 Å². The van der Waals surface area contributed by atoms with Crippen LogP contribution >= 0.6 is 0 Å². The van der Waals surface area contributed by atoms with Gasteiger partial charge in [0, 0.05) is 19.1 Å². The minimum Gasteiger partial charge on any atom is -0.313 e. The van der Waals surface area contributed by atoms with Crippen LogP contribution < -0.4 is 10.0 Å². The third-order valence-corrected chi connectivity index (χ3v) is 4.25. The standard InChI is InChI=1S/C14H24N2O2S/c1-12(2)15-9-10-19(17,18)16-11-13(3)14-7-5-4-6-8-14/h4-8,12-13,15-16H,9-11H2,1-3H3. The number of hydrogen-bond acceptors (Lipinski definition) is 3. The second-order valence-corrected chi connectivity index (χ2v) is 7.01. The smallest absolute Gasteiger partial charge is 0.212 e. The Kier molecular flexibility index (Phi) is 6.48. The summed E-state index contributed by atoms with van der Waals surface area (Å²) in [7, 11) is -3.19. The molecule has 0 radical (unpaired) electrons.